The molecule has 63 heavy (non-hydrogen) atoms. The topological polar surface area (TPSA) is 244 Å². The average molecular weight is 920 g/mol. The number of anilines is 1. The summed E-state index contributed by atoms with van der Waals surface area (Å²) in [4.78, 5) is 123. The number of amides is 7. The second-order valence-corrected chi connectivity index (χ2v) is 18.9. The summed E-state index contributed by atoms with van der Waals surface area (Å²) in [5.74, 6) is -8.72. The van der Waals surface area contributed by atoms with Crippen LogP contribution in [0.2, 0.25) is 5.02 Å². The van der Waals surface area contributed by atoms with E-state index in [1.54, 1.807) is 12.1 Å². The maximum atomic E-state index is 15.2. The molecule has 10 atom stereocenters. The molecule has 0 radical (unpaired) electrons. The van der Waals surface area contributed by atoms with E-state index in [1.165, 1.54) is 35.8 Å². The summed E-state index contributed by atoms with van der Waals surface area (Å²) in [6.07, 6.45) is -0.891. The van der Waals surface area contributed by atoms with Gasteiger partial charge in [-0.2, -0.15) is 0 Å². The van der Waals surface area contributed by atoms with E-state index in [0.717, 1.165) is 17.0 Å². The van der Waals surface area contributed by atoms with Crippen LogP contribution in [-0.2, 0) is 44.3 Å². The van der Waals surface area contributed by atoms with E-state index in [2.05, 4.69) is 21.3 Å². The van der Waals surface area contributed by atoms with E-state index in [9.17, 15) is 51.9 Å². The lowest BCUT2D eigenvalue weighted by Crippen LogP contribution is -2.61. The number of rotatable bonds is 8. The van der Waals surface area contributed by atoms with Gasteiger partial charge in [0.2, 0.25) is 29.5 Å². The first kappa shape index (κ1) is 46.0. The smallest absolute Gasteiger partial charge is 0.343 e. The van der Waals surface area contributed by atoms with Gasteiger partial charge in [0.15, 0.2) is 5.78 Å². The van der Waals surface area contributed by atoms with Crippen LogP contribution in [0.5, 0.6) is 0 Å². The van der Waals surface area contributed by atoms with Gasteiger partial charge < -0.3 is 45.8 Å². The minimum atomic E-state index is -5.19. The van der Waals surface area contributed by atoms with Gasteiger partial charge in [0, 0.05) is 49.3 Å². The Balaban J connectivity index is 1.30. The molecule has 4 saturated heterocycles. The fourth-order valence-electron chi connectivity index (χ4n) is 9.95. The van der Waals surface area contributed by atoms with Crippen LogP contribution in [-0.4, -0.2) is 127 Å². The van der Waals surface area contributed by atoms with E-state index >= 15 is 4.79 Å². The number of carbonyl (C=O) groups is 7. The van der Waals surface area contributed by atoms with Crippen molar-refractivity contribution in [1.82, 2.24) is 30.7 Å². The van der Waals surface area contributed by atoms with E-state index in [-0.39, 0.29) is 48.1 Å². The number of urea groups is 1. The molecule has 1 unspecified atom stereocenters. The number of hydrogen-bond acceptors (Lipinski definition) is 9. The number of hydrogen-bond donors (Lipinski definition) is 6. The molecule has 1 spiro atoms. The number of phosphoric ester groups is 1. The van der Waals surface area contributed by atoms with Crippen LogP contribution < -0.4 is 21.3 Å². The monoisotopic (exact) mass is 919 g/mol. The molecule has 7 amide bonds. The Labute approximate surface area is 366 Å². The van der Waals surface area contributed by atoms with Crippen LogP contribution in [0.3, 0.4) is 0 Å². The summed E-state index contributed by atoms with van der Waals surface area (Å²) in [6, 6.07) is 0.561. The van der Waals surface area contributed by atoms with Gasteiger partial charge >= 0.3 is 13.9 Å². The van der Waals surface area contributed by atoms with Crippen LogP contribution >= 0.6 is 19.4 Å². The molecule has 4 heterocycles. The number of halogens is 3. The normalized spacial score (nSPS) is 30.5. The summed E-state index contributed by atoms with van der Waals surface area (Å²) in [5.41, 5.74) is -1.27. The van der Waals surface area contributed by atoms with Crippen molar-refractivity contribution in [2.75, 3.05) is 25.0 Å². The van der Waals surface area contributed by atoms with E-state index < -0.39 is 134 Å². The van der Waals surface area contributed by atoms with Gasteiger partial charge in [-0.3, -0.25) is 33.3 Å². The molecule has 2 aromatic rings. The van der Waals surface area contributed by atoms with Gasteiger partial charge in [0.1, 0.15) is 47.4 Å². The van der Waals surface area contributed by atoms with Gasteiger partial charge in [0.05, 0.1) is 12.0 Å². The molecule has 0 bridgehead atoms. The van der Waals surface area contributed by atoms with Gasteiger partial charge in [-0.05, 0) is 80.3 Å². The maximum Gasteiger partial charge on any atom is 0.469 e. The predicted molar refractivity (Wildman–Crippen MR) is 219 cm³/mol. The molecule has 18 nitrogen and oxygen atoms in total. The number of nitrogens with zero attached hydrogens (tertiary/aromatic N) is 3. The van der Waals surface area contributed by atoms with Gasteiger partial charge in [-0.25, -0.2) is 18.1 Å². The highest BCUT2D eigenvalue weighted by molar-refractivity contribution is 7.46. The molecule has 5 aliphatic rings. The molecule has 2 aromatic carbocycles. The lowest BCUT2D eigenvalue weighted by atomic mass is 9.90. The molecule has 6 N–H and O–H groups in total. The number of piperidine rings is 1. The van der Waals surface area contributed by atoms with Crippen LogP contribution in [0.4, 0.5) is 19.3 Å². The summed E-state index contributed by atoms with van der Waals surface area (Å²) < 4.78 is 46.0. The Kier molecular flexibility index (Phi) is 13.0. The van der Waals surface area contributed by atoms with Crippen molar-refractivity contribution in [2.45, 2.75) is 101 Å². The summed E-state index contributed by atoms with van der Waals surface area (Å²) >= 11 is 6.08. The van der Waals surface area contributed by atoms with Crippen molar-refractivity contribution in [3.8, 4) is 0 Å². The molecule has 1 saturated carbocycles. The molecule has 0 aromatic heterocycles. The second kappa shape index (κ2) is 17.9. The average Bonchev–Trinajstić information content (AvgIpc) is 3.43. The van der Waals surface area contributed by atoms with Crippen LogP contribution in [0, 0.1) is 29.4 Å². The van der Waals surface area contributed by atoms with Gasteiger partial charge in [-0.1, -0.05) is 31.5 Å². The third kappa shape index (κ3) is 9.60. The third-order valence-electron chi connectivity index (χ3n) is 12.7. The minimum Gasteiger partial charge on any atom is -0.343 e. The highest BCUT2D eigenvalue weighted by Crippen LogP contribution is 2.57. The first-order chi connectivity index (χ1) is 29.7. The number of nitrogens with one attached hydrogen (secondary N) is 4. The molecule has 22 heteroatoms. The zero-order valence-electron chi connectivity index (χ0n) is 34.6. The number of carbonyl (C=O) groups excluding carboxylic acids is 7. The first-order valence-electron chi connectivity index (χ1n) is 20.8. The van der Waals surface area contributed by atoms with Crippen molar-refractivity contribution in [1.29, 1.82) is 0 Å². The SMILES string of the molecule is C[C@H]1CN2C(=O)[C@H](C)NC(=O)[C@@H]3CCCCN3C(=O)[C@@H]3C[C@@H](OP(=O)(O)O)CN3C(=O)[C@@H](NC(=O)[C@H](Cc3cc(F)cc(F)c3)NC(=O)Nc3cccc(Cl)c3)[C@H](C)C3C(=O)[C@]32C1. The Bertz CT molecular complexity index is 2250. The minimum absolute atomic E-state index is 0.0569. The van der Waals surface area contributed by atoms with Crippen molar-refractivity contribution >= 4 is 66.5 Å². The van der Waals surface area contributed by atoms with Gasteiger partial charge in [0.25, 0.3) is 0 Å². The fourth-order valence-corrected chi connectivity index (χ4v) is 10.7. The van der Waals surface area contributed by atoms with Crippen molar-refractivity contribution in [3.05, 3.63) is 64.7 Å². The quantitative estimate of drug-likeness (QED) is 0.210. The molecule has 4 aliphatic heterocycles. The summed E-state index contributed by atoms with van der Waals surface area (Å²) in [6.45, 7) is 4.48. The molecular weight excluding hydrogens is 871 g/mol. The van der Waals surface area contributed by atoms with Gasteiger partial charge in [-0.15, -0.1) is 0 Å². The number of fused-ring (bicyclic) bond motifs is 2. The lowest BCUT2D eigenvalue weighted by molar-refractivity contribution is -0.151. The number of Topliss-reactive ketones (excluding diaryl/α,β-unsaturated/α-hetero) is 1. The standard InChI is InChI=1S/C41H49ClF2N7O11P/c1-20-17-41-32(34(41)52)21(2)33(48-35(53)29(13-23-11-25(43)15-26(44)12-23)47-40(58)46-27-8-6-7-24(42)14-27)39(57)50-19-28(62-63(59,60)61)16-31(50)38(56)49-10-5-4-9-30(49)36(54)45-22(3)37(55)51(41)18-20/h6-8,11-12,14-15,20-22,28-33H,4-5,9-10,13,16-19H2,1-3H3,(H,45,54)(H,48,53)(H2,46,47,58)(H2,59,60,61)/t20-,21-,22+,28-,29+,30+,31+,32?,33+,41+/m1/s1. The fraction of sp³-hybridized carbons (Fsp3) is 0.537. The predicted octanol–water partition coefficient (Wildman–Crippen LogP) is 2.26. The maximum absolute atomic E-state index is 15.2. The largest absolute Gasteiger partial charge is 0.469 e. The van der Waals surface area contributed by atoms with E-state index in [4.69, 9.17) is 16.1 Å². The number of phosphoric acid groups is 1. The Morgan fingerprint density at radius 2 is 1.68 bits per heavy atom. The highest BCUT2D eigenvalue weighted by Gasteiger charge is 2.74. The van der Waals surface area contributed by atoms with Crippen molar-refractivity contribution in [3.63, 3.8) is 0 Å². The summed E-state index contributed by atoms with van der Waals surface area (Å²) in [5, 5.41) is 10.7. The zero-order chi connectivity index (χ0) is 45.7. The molecule has 1 aliphatic carbocycles. The molecule has 7 rings (SSSR count). The molecule has 340 valence electrons. The molecular formula is C41H49ClF2N7O11P. The molecule has 5 fully saturated rings. The first-order valence-corrected chi connectivity index (χ1v) is 22.7. The number of ketones is 1. The van der Waals surface area contributed by atoms with Crippen molar-refractivity contribution < 1.29 is 61.2 Å². The number of benzene rings is 2. The van der Waals surface area contributed by atoms with E-state index in [1.807, 2.05) is 6.92 Å². The van der Waals surface area contributed by atoms with Crippen molar-refractivity contribution in [2.24, 2.45) is 17.8 Å². The Morgan fingerprint density at radius 1 is 0.968 bits per heavy atom. The third-order valence-corrected chi connectivity index (χ3v) is 13.5. The second-order valence-electron chi connectivity index (χ2n) is 17.2. The Morgan fingerprint density at radius 3 is 2.37 bits per heavy atom. The van der Waals surface area contributed by atoms with Crippen LogP contribution in [0.15, 0.2) is 42.5 Å². The van der Waals surface area contributed by atoms with Crippen LogP contribution in [0.1, 0.15) is 58.4 Å². The highest BCUT2D eigenvalue weighted by atomic mass is 35.5. The lowest BCUT2D eigenvalue weighted by Gasteiger charge is -2.39. The Hall–Kier alpha value is -5.01. The summed E-state index contributed by atoms with van der Waals surface area (Å²) in [7, 11) is -5.19. The zero-order valence-corrected chi connectivity index (χ0v) is 36.2. The van der Waals surface area contributed by atoms with Crippen LogP contribution in [0.25, 0.3) is 0 Å². The van der Waals surface area contributed by atoms with E-state index in [0.29, 0.717) is 18.9 Å².